The zero-order chi connectivity index (χ0) is 15.3. The van der Waals surface area contributed by atoms with Crippen LogP contribution in [0.3, 0.4) is 0 Å². The van der Waals surface area contributed by atoms with Crippen molar-refractivity contribution in [1.29, 1.82) is 0 Å². The van der Waals surface area contributed by atoms with Crippen LogP contribution in [-0.4, -0.2) is 12.4 Å². The Bertz CT molecular complexity index is 398. The van der Waals surface area contributed by atoms with Gasteiger partial charge >= 0.3 is 0 Å². The molecule has 21 heavy (non-hydrogen) atoms. The number of ether oxygens (including phenoxy) is 1. The van der Waals surface area contributed by atoms with Gasteiger partial charge in [0.25, 0.3) is 0 Å². The van der Waals surface area contributed by atoms with Crippen molar-refractivity contribution in [2.75, 3.05) is 6.61 Å². The predicted octanol–water partition coefficient (Wildman–Crippen LogP) is 5.80. The topological polar surface area (TPSA) is 26.3 Å². The Morgan fingerprint density at radius 2 is 1.52 bits per heavy atom. The zero-order valence-electron chi connectivity index (χ0n) is 13.7. The number of carbonyl (C=O) groups is 1. The van der Waals surface area contributed by atoms with E-state index >= 15 is 0 Å². The summed E-state index contributed by atoms with van der Waals surface area (Å²) in [5.41, 5.74) is 0.738. The number of benzene rings is 1. The van der Waals surface area contributed by atoms with Gasteiger partial charge in [-0.2, -0.15) is 0 Å². The molecule has 0 amide bonds. The molecule has 0 aliphatic heterocycles. The molecule has 0 saturated carbocycles. The molecule has 118 valence electrons. The lowest BCUT2D eigenvalue weighted by atomic mass is 10.0. The quantitative estimate of drug-likeness (QED) is 0.359. The van der Waals surface area contributed by atoms with E-state index in [0.29, 0.717) is 13.0 Å². The fraction of sp³-hybridized carbons (Fsp3) is 0.632. The van der Waals surface area contributed by atoms with E-state index in [1.165, 1.54) is 38.5 Å². The van der Waals surface area contributed by atoms with E-state index in [4.69, 9.17) is 4.74 Å². The van der Waals surface area contributed by atoms with Gasteiger partial charge in [-0.1, -0.05) is 64.0 Å². The summed E-state index contributed by atoms with van der Waals surface area (Å²) in [7, 11) is 0. The number of unbranched alkanes of at least 4 members (excludes halogenated alkanes) is 7. The lowest BCUT2D eigenvalue weighted by Gasteiger charge is -2.09. The summed E-state index contributed by atoms with van der Waals surface area (Å²) in [5, 5.41) is 0. The molecule has 0 aliphatic carbocycles. The van der Waals surface area contributed by atoms with Crippen molar-refractivity contribution in [2.24, 2.45) is 0 Å². The van der Waals surface area contributed by atoms with Crippen LogP contribution in [0.2, 0.25) is 0 Å². The molecule has 0 bridgehead atoms. The largest absolute Gasteiger partial charge is 0.493 e. The molecule has 0 heterocycles. The highest BCUT2D eigenvalue weighted by Gasteiger charge is 2.11. The summed E-state index contributed by atoms with van der Waals surface area (Å²) in [6.07, 6.45) is 10.7. The van der Waals surface area contributed by atoms with Crippen LogP contribution in [0.15, 0.2) is 24.3 Å². The van der Waals surface area contributed by atoms with Gasteiger partial charge in [-0.15, -0.1) is 0 Å². The van der Waals surface area contributed by atoms with Crippen molar-refractivity contribution in [2.45, 2.75) is 71.6 Å². The Morgan fingerprint density at radius 1 is 0.905 bits per heavy atom. The third-order valence-corrected chi connectivity index (χ3v) is 3.74. The van der Waals surface area contributed by atoms with E-state index in [2.05, 4.69) is 6.92 Å². The van der Waals surface area contributed by atoms with E-state index in [9.17, 15) is 4.79 Å². The number of hydrogen-bond acceptors (Lipinski definition) is 2. The van der Waals surface area contributed by atoms with Crippen molar-refractivity contribution in [3.8, 4) is 5.75 Å². The number of para-hydroxylation sites is 1. The summed E-state index contributed by atoms with van der Waals surface area (Å²) in [6.45, 7) is 4.79. The first-order chi connectivity index (χ1) is 10.3. The molecule has 0 atom stereocenters. The number of Topliss-reactive ketones (excluding diaryl/α,β-unsaturated/α-hetero) is 1. The minimum atomic E-state index is 0.213. The summed E-state index contributed by atoms with van der Waals surface area (Å²) in [5.74, 6) is 0.939. The second kappa shape index (κ2) is 11.4. The first kappa shape index (κ1) is 17.7. The van der Waals surface area contributed by atoms with Gasteiger partial charge in [-0.25, -0.2) is 0 Å². The minimum absolute atomic E-state index is 0.213. The van der Waals surface area contributed by atoms with Gasteiger partial charge in [0.05, 0.1) is 12.2 Å². The average Bonchev–Trinajstić information content (AvgIpc) is 2.50. The lowest BCUT2D eigenvalue weighted by Crippen LogP contribution is -2.03. The number of hydrogen-bond donors (Lipinski definition) is 0. The minimum Gasteiger partial charge on any atom is -0.493 e. The number of rotatable bonds is 12. The van der Waals surface area contributed by atoms with Crippen LogP contribution in [0.25, 0.3) is 0 Å². The molecular weight excluding hydrogens is 260 g/mol. The first-order valence-electron chi connectivity index (χ1n) is 8.54. The Hall–Kier alpha value is -1.31. The zero-order valence-corrected chi connectivity index (χ0v) is 13.7. The van der Waals surface area contributed by atoms with Gasteiger partial charge < -0.3 is 4.74 Å². The molecule has 0 unspecified atom stereocenters. The molecule has 1 aromatic rings. The molecule has 2 heteroatoms. The van der Waals surface area contributed by atoms with Crippen LogP contribution in [0.5, 0.6) is 5.75 Å². The molecule has 0 spiro atoms. The predicted molar refractivity (Wildman–Crippen MR) is 89.2 cm³/mol. The molecule has 0 radical (unpaired) electrons. The van der Waals surface area contributed by atoms with Gasteiger partial charge in [0.15, 0.2) is 5.78 Å². The van der Waals surface area contributed by atoms with E-state index in [-0.39, 0.29) is 5.78 Å². The van der Waals surface area contributed by atoms with Crippen molar-refractivity contribution < 1.29 is 9.53 Å². The molecule has 2 nitrogen and oxygen atoms in total. The monoisotopic (exact) mass is 290 g/mol. The van der Waals surface area contributed by atoms with Crippen LogP contribution in [0.1, 0.15) is 82.0 Å². The van der Waals surface area contributed by atoms with Gasteiger partial charge in [0, 0.05) is 6.42 Å². The fourth-order valence-electron chi connectivity index (χ4n) is 2.53. The maximum absolute atomic E-state index is 12.2. The molecule has 0 saturated heterocycles. The van der Waals surface area contributed by atoms with Crippen LogP contribution >= 0.6 is 0 Å². The van der Waals surface area contributed by atoms with Crippen molar-refractivity contribution >= 4 is 5.78 Å². The third kappa shape index (κ3) is 7.31. The van der Waals surface area contributed by atoms with Crippen LogP contribution in [-0.2, 0) is 0 Å². The molecule has 0 N–H and O–H groups in total. The normalized spacial score (nSPS) is 10.6. The summed E-state index contributed by atoms with van der Waals surface area (Å²) >= 11 is 0. The average molecular weight is 290 g/mol. The van der Waals surface area contributed by atoms with E-state index < -0.39 is 0 Å². The molecular formula is C19H30O2. The maximum atomic E-state index is 12.2. The second-order valence-electron chi connectivity index (χ2n) is 5.58. The van der Waals surface area contributed by atoms with Gasteiger partial charge in [-0.05, 0) is 25.5 Å². The highest BCUT2D eigenvalue weighted by atomic mass is 16.5. The standard InChI is InChI=1S/C19H30O2/c1-3-5-6-7-8-9-10-11-15-18(20)17-14-12-13-16-19(17)21-4-2/h12-14,16H,3-11,15H2,1-2H3. The van der Waals surface area contributed by atoms with Crippen molar-refractivity contribution in [1.82, 2.24) is 0 Å². The van der Waals surface area contributed by atoms with E-state index in [1.807, 2.05) is 31.2 Å². The van der Waals surface area contributed by atoms with Crippen LogP contribution in [0.4, 0.5) is 0 Å². The SMILES string of the molecule is CCCCCCCCCCC(=O)c1ccccc1OCC. The van der Waals surface area contributed by atoms with E-state index in [0.717, 1.165) is 24.2 Å². The maximum Gasteiger partial charge on any atom is 0.166 e. The fourth-order valence-corrected chi connectivity index (χ4v) is 2.53. The number of ketones is 1. The van der Waals surface area contributed by atoms with Crippen molar-refractivity contribution in [3.05, 3.63) is 29.8 Å². The smallest absolute Gasteiger partial charge is 0.166 e. The molecule has 0 aromatic heterocycles. The first-order valence-corrected chi connectivity index (χ1v) is 8.54. The van der Waals surface area contributed by atoms with E-state index in [1.54, 1.807) is 0 Å². The highest BCUT2D eigenvalue weighted by Crippen LogP contribution is 2.21. The summed E-state index contributed by atoms with van der Waals surface area (Å²) in [6, 6.07) is 7.57. The van der Waals surface area contributed by atoms with Crippen molar-refractivity contribution in [3.63, 3.8) is 0 Å². The lowest BCUT2D eigenvalue weighted by molar-refractivity contribution is 0.0975. The van der Waals surface area contributed by atoms with Crippen LogP contribution < -0.4 is 4.74 Å². The third-order valence-electron chi connectivity index (χ3n) is 3.74. The molecule has 0 aliphatic rings. The molecule has 1 rings (SSSR count). The van der Waals surface area contributed by atoms with Gasteiger partial charge in [-0.3, -0.25) is 4.79 Å². The summed E-state index contributed by atoms with van der Waals surface area (Å²) < 4.78 is 5.52. The van der Waals surface area contributed by atoms with Crippen LogP contribution in [0, 0.1) is 0 Å². The van der Waals surface area contributed by atoms with Gasteiger partial charge in [0.1, 0.15) is 5.75 Å². The number of carbonyl (C=O) groups excluding carboxylic acids is 1. The highest BCUT2D eigenvalue weighted by molar-refractivity contribution is 5.98. The molecule has 0 fully saturated rings. The molecule has 1 aromatic carbocycles. The Morgan fingerprint density at radius 3 is 2.19 bits per heavy atom. The Kier molecular flexibility index (Phi) is 9.60. The summed E-state index contributed by atoms with van der Waals surface area (Å²) in [4.78, 5) is 12.2. The second-order valence-corrected chi connectivity index (χ2v) is 5.58. The Balaban J connectivity index is 2.22. The van der Waals surface area contributed by atoms with Gasteiger partial charge in [0.2, 0.25) is 0 Å². The Labute approximate surface area is 129 Å².